The molecule has 2 aromatic carbocycles. The van der Waals surface area contributed by atoms with Gasteiger partial charge in [0.05, 0.1) is 36.4 Å². The highest BCUT2D eigenvalue weighted by atomic mass is 79.9. The fourth-order valence-electron chi connectivity index (χ4n) is 2.11. The van der Waals surface area contributed by atoms with Crippen LogP contribution in [0.15, 0.2) is 39.7 Å². The van der Waals surface area contributed by atoms with Gasteiger partial charge in [0.25, 0.3) is 10.0 Å². The molecule has 0 aliphatic carbocycles. The van der Waals surface area contributed by atoms with Gasteiger partial charge in [-0.25, -0.2) is 8.42 Å². The van der Waals surface area contributed by atoms with E-state index in [4.69, 9.17) is 14.2 Å². The molecule has 0 heterocycles. The van der Waals surface area contributed by atoms with Crippen LogP contribution in [0.1, 0.15) is 5.56 Å². The van der Waals surface area contributed by atoms with E-state index in [0.29, 0.717) is 33.0 Å². The summed E-state index contributed by atoms with van der Waals surface area (Å²) in [6.07, 6.45) is 0. The smallest absolute Gasteiger partial charge is 0.261 e. The average molecular weight is 416 g/mol. The second-order valence-corrected chi connectivity index (χ2v) is 7.46. The van der Waals surface area contributed by atoms with Crippen LogP contribution in [0.5, 0.6) is 17.2 Å². The Kier molecular flexibility index (Phi) is 5.61. The fourth-order valence-corrected chi connectivity index (χ4v) is 3.95. The van der Waals surface area contributed by atoms with Gasteiger partial charge in [0.1, 0.15) is 5.75 Å². The summed E-state index contributed by atoms with van der Waals surface area (Å²) >= 11 is 3.29. The molecule has 0 saturated heterocycles. The summed E-state index contributed by atoms with van der Waals surface area (Å²) in [5, 5.41) is 0. The maximum absolute atomic E-state index is 12.6. The Balaban J connectivity index is 2.41. The van der Waals surface area contributed by atoms with E-state index < -0.39 is 10.0 Å². The van der Waals surface area contributed by atoms with Crippen LogP contribution in [0.25, 0.3) is 0 Å². The molecule has 0 aliphatic heterocycles. The summed E-state index contributed by atoms with van der Waals surface area (Å²) in [6, 6.07) is 7.84. The van der Waals surface area contributed by atoms with E-state index in [9.17, 15) is 8.42 Å². The minimum atomic E-state index is -3.76. The summed E-state index contributed by atoms with van der Waals surface area (Å²) in [5.41, 5.74) is 1.13. The zero-order valence-corrected chi connectivity index (χ0v) is 16.1. The van der Waals surface area contributed by atoms with Crippen LogP contribution in [0.3, 0.4) is 0 Å². The second-order valence-electron chi connectivity index (χ2n) is 4.92. The molecule has 24 heavy (non-hydrogen) atoms. The lowest BCUT2D eigenvalue weighted by Gasteiger charge is -2.15. The maximum Gasteiger partial charge on any atom is 0.261 e. The van der Waals surface area contributed by atoms with Gasteiger partial charge in [-0.05, 0) is 52.7 Å². The number of rotatable bonds is 6. The van der Waals surface area contributed by atoms with Crippen molar-refractivity contribution in [2.75, 3.05) is 26.1 Å². The topological polar surface area (TPSA) is 73.9 Å². The Hall–Kier alpha value is -1.93. The molecule has 1 N–H and O–H groups in total. The number of benzene rings is 2. The first-order valence-corrected chi connectivity index (χ1v) is 9.19. The van der Waals surface area contributed by atoms with Crippen LogP contribution in [-0.4, -0.2) is 29.7 Å². The Morgan fingerprint density at radius 3 is 2.04 bits per heavy atom. The van der Waals surface area contributed by atoms with E-state index in [1.165, 1.54) is 33.5 Å². The predicted molar refractivity (Wildman–Crippen MR) is 95.8 cm³/mol. The van der Waals surface area contributed by atoms with Crippen LogP contribution in [0.2, 0.25) is 0 Å². The van der Waals surface area contributed by atoms with Gasteiger partial charge in [-0.15, -0.1) is 0 Å². The molecular formula is C16H18BrNO5S. The van der Waals surface area contributed by atoms with E-state index in [1.54, 1.807) is 25.1 Å². The number of sulfonamides is 1. The highest BCUT2D eigenvalue weighted by molar-refractivity contribution is 9.10. The fraction of sp³-hybridized carbons (Fsp3) is 0.250. The average Bonchev–Trinajstić information content (AvgIpc) is 2.55. The van der Waals surface area contributed by atoms with Crippen molar-refractivity contribution >= 4 is 31.6 Å². The molecule has 2 rings (SSSR count). The SMILES string of the molecule is COc1ccc(S(=O)(=O)Nc2cc(OC)c(OC)cc2C)cc1Br. The van der Waals surface area contributed by atoms with Crippen molar-refractivity contribution in [2.24, 2.45) is 0 Å². The van der Waals surface area contributed by atoms with Crippen molar-refractivity contribution in [3.05, 3.63) is 40.4 Å². The number of hydrogen-bond acceptors (Lipinski definition) is 5. The molecule has 0 fully saturated rings. The van der Waals surface area contributed by atoms with Gasteiger partial charge in [0, 0.05) is 6.07 Å². The number of hydrogen-bond donors (Lipinski definition) is 1. The lowest BCUT2D eigenvalue weighted by atomic mass is 10.2. The van der Waals surface area contributed by atoms with E-state index in [1.807, 2.05) is 0 Å². The lowest BCUT2D eigenvalue weighted by Crippen LogP contribution is -2.14. The zero-order chi connectivity index (χ0) is 17.9. The van der Waals surface area contributed by atoms with Crippen molar-refractivity contribution in [1.29, 1.82) is 0 Å². The molecule has 0 saturated carbocycles. The first kappa shape index (κ1) is 18.4. The monoisotopic (exact) mass is 415 g/mol. The third kappa shape index (κ3) is 3.76. The minimum absolute atomic E-state index is 0.115. The largest absolute Gasteiger partial charge is 0.496 e. The van der Waals surface area contributed by atoms with Gasteiger partial charge in [0.2, 0.25) is 0 Å². The summed E-state index contributed by atoms with van der Waals surface area (Å²) in [6.45, 7) is 1.78. The number of halogens is 1. The summed E-state index contributed by atoms with van der Waals surface area (Å²) < 4.78 is 43.9. The number of anilines is 1. The third-order valence-corrected chi connectivity index (χ3v) is 5.39. The van der Waals surface area contributed by atoms with Crippen molar-refractivity contribution in [3.63, 3.8) is 0 Å². The van der Waals surface area contributed by atoms with Gasteiger partial charge in [0.15, 0.2) is 11.5 Å². The maximum atomic E-state index is 12.6. The van der Waals surface area contributed by atoms with Gasteiger partial charge in [-0.1, -0.05) is 0 Å². The van der Waals surface area contributed by atoms with Gasteiger partial charge in [-0.3, -0.25) is 4.72 Å². The van der Waals surface area contributed by atoms with Crippen LogP contribution in [0.4, 0.5) is 5.69 Å². The molecule has 0 aromatic heterocycles. The molecule has 130 valence electrons. The molecule has 0 unspecified atom stereocenters. The molecule has 0 atom stereocenters. The summed E-state index contributed by atoms with van der Waals surface area (Å²) in [7, 11) is 0.770. The summed E-state index contributed by atoms with van der Waals surface area (Å²) in [4.78, 5) is 0.115. The van der Waals surface area contributed by atoms with Crippen LogP contribution in [0, 0.1) is 6.92 Å². The molecule has 8 heteroatoms. The van der Waals surface area contributed by atoms with Crippen molar-refractivity contribution in [1.82, 2.24) is 0 Å². The molecule has 0 radical (unpaired) electrons. The molecular weight excluding hydrogens is 398 g/mol. The first-order valence-electron chi connectivity index (χ1n) is 6.91. The molecule has 6 nitrogen and oxygen atoms in total. The second kappa shape index (κ2) is 7.31. The normalized spacial score (nSPS) is 11.0. The number of methoxy groups -OCH3 is 3. The number of ether oxygens (including phenoxy) is 3. The molecule has 0 aliphatic rings. The predicted octanol–water partition coefficient (Wildman–Crippen LogP) is 3.58. The minimum Gasteiger partial charge on any atom is -0.496 e. The van der Waals surface area contributed by atoms with Gasteiger partial charge >= 0.3 is 0 Å². The standard InChI is InChI=1S/C16H18BrNO5S/c1-10-7-15(22-3)16(23-4)9-13(10)18-24(19,20)11-5-6-14(21-2)12(17)8-11/h5-9,18H,1-4H3. The molecule has 2 aromatic rings. The Bertz CT molecular complexity index is 852. The van der Waals surface area contributed by atoms with Crippen LogP contribution < -0.4 is 18.9 Å². The van der Waals surface area contributed by atoms with Gasteiger partial charge in [-0.2, -0.15) is 0 Å². The zero-order valence-electron chi connectivity index (χ0n) is 13.7. The van der Waals surface area contributed by atoms with E-state index in [2.05, 4.69) is 20.7 Å². The Morgan fingerprint density at radius 2 is 1.50 bits per heavy atom. The molecule has 0 amide bonds. The van der Waals surface area contributed by atoms with E-state index >= 15 is 0 Å². The molecule has 0 spiro atoms. The third-order valence-electron chi connectivity index (χ3n) is 3.41. The first-order chi connectivity index (χ1) is 11.3. The Labute approximate surface area is 149 Å². The lowest BCUT2D eigenvalue weighted by molar-refractivity contribution is 0.355. The molecule has 0 bridgehead atoms. The van der Waals surface area contributed by atoms with Crippen LogP contribution in [-0.2, 0) is 10.0 Å². The van der Waals surface area contributed by atoms with E-state index in [0.717, 1.165) is 0 Å². The quantitative estimate of drug-likeness (QED) is 0.779. The van der Waals surface area contributed by atoms with Crippen molar-refractivity contribution in [2.45, 2.75) is 11.8 Å². The number of nitrogens with one attached hydrogen (secondary N) is 1. The number of aryl methyl sites for hydroxylation is 1. The van der Waals surface area contributed by atoms with E-state index in [-0.39, 0.29) is 4.90 Å². The highest BCUT2D eigenvalue weighted by Gasteiger charge is 2.18. The van der Waals surface area contributed by atoms with Crippen molar-refractivity contribution < 1.29 is 22.6 Å². The summed E-state index contributed by atoms with van der Waals surface area (Å²) in [5.74, 6) is 1.53. The highest BCUT2D eigenvalue weighted by Crippen LogP contribution is 2.34. The van der Waals surface area contributed by atoms with Crippen molar-refractivity contribution in [3.8, 4) is 17.2 Å². The van der Waals surface area contributed by atoms with Gasteiger partial charge < -0.3 is 14.2 Å². The Morgan fingerprint density at radius 1 is 0.917 bits per heavy atom. The van der Waals surface area contributed by atoms with Crippen LogP contribution >= 0.6 is 15.9 Å².